The molecule has 100 valence electrons. The smallest absolute Gasteiger partial charge is 0.272 e. The number of hydroxylamine groups is 1. The van der Waals surface area contributed by atoms with E-state index < -0.39 is 0 Å². The quantitative estimate of drug-likeness (QED) is 0.524. The maximum Gasteiger partial charge on any atom is 0.274 e. The van der Waals surface area contributed by atoms with Crippen molar-refractivity contribution in [1.82, 2.24) is 5.48 Å². The van der Waals surface area contributed by atoms with E-state index in [0.29, 0.717) is 18.6 Å². The molecule has 1 amide bonds. The van der Waals surface area contributed by atoms with Crippen LogP contribution in [0.15, 0.2) is 60.7 Å². The van der Waals surface area contributed by atoms with Crippen LogP contribution in [0.1, 0.15) is 22.3 Å². The zero-order valence-electron chi connectivity index (χ0n) is 11.0. The molecular weight excluding hydrogens is 250 g/mol. The van der Waals surface area contributed by atoms with Gasteiger partial charge >= 0.3 is 0 Å². The third-order valence-corrected chi connectivity index (χ3v) is 2.54. The van der Waals surface area contributed by atoms with E-state index in [1.165, 1.54) is 0 Å². The number of nitrogens with one attached hydrogen (secondary N) is 1. The second-order valence-corrected chi connectivity index (χ2v) is 4.06. The Morgan fingerprint density at radius 2 is 1.65 bits per heavy atom. The maximum atomic E-state index is 11.6. The summed E-state index contributed by atoms with van der Waals surface area (Å²) in [6.07, 6.45) is 0.559. The average Bonchev–Trinajstić information content (AvgIpc) is 2.52. The summed E-state index contributed by atoms with van der Waals surface area (Å²) in [5.74, 6) is 5.76. The molecule has 2 rings (SSSR count). The highest BCUT2D eigenvalue weighted by Crippen LogP contribution is 1.98. The summed E-state index contributed by atoms with van der Waals surface area (Å²) in [5, 5.41) is 0. The van der Waals surface area contributed by atoms with Crippen molar-refractivity contribution >= 4 is 5.91 Å². The summed E-state index contributed by atoms with van der Waals surface area (Å²) in [4.78, 5) is 16.7. The molecule has 0 unspecified atom stereocenters. The monoisotopic (exact) mass is 265 g/mol. The summed E-state index contributed by atoms with van der Waals surface area (Å²) in [6, 6.07) is 18.7. The van der Waals surface area contributed by atoms with Crippen LogP contribution in [-0.4, -0.2) is 12.5 Å². The predicted molar refractivity (Wildman–Crippen MR) is 77.8 cm³/mol. The Balaban J connectivity index is 1.68. The van der Waals surface area contributed by atoms with E-state index in [-0.39, 0.29) is 5.91 Å². The first-order valence-corrected chi connectivity index (χ1v) is 6.37. The number of rotatable bonds is 4. The summed E-state index contributed by atoms with van der Waals surface area (Å²) in [5.41, 5.74) is 3.94. The molecule has 0 aliphatic heterocycles. The van der Waals surface area contributed by atoms with Crippen molar-refractivity contribution in [2.24, 2.45) is 0 Å². The van der Waals surface area contributed by atoms with Crippen LogP contribution >= 0.6 is 0 Å². The van der Waals surface area contributed by atoms with E-state index in [1.54, 1.807) is 24.3 Å². The fraction of sp³-hybridized carbons (Fsp3) is 0.118. The van der Waals surface area contributed by atoms with Crippen LogP contribution in [0.2, 0.25) is 0 Å². The lowest BCUT2D eigenvalue weighted by Crippen LogP contribution is -2.23. The minimum atomic E-state index is -0.249. The fourth-order valence-electron chi connectivity index (χ4n) is 1.55. The lowest BCUT2D eigenvalue weighted by molar-refractivity contribution is 0.0335. The SMILES string of the molecule is O=C(NOCCC#Cc1ccccc1)c1ccccc1. The Bertz CT molecular complexity index is 597. The van der Waals surface area contributed by atoms with E-state index in [0.717, 1.165) is 5.56 Å². The maximum absolute atomic E-state index is 11.6. The van der Waals surface area contributed by atoms with Crippen LogP contribution in [0.25, 0.3) is 0 Å². The predicted octanol–water partition coefficient (Wildman–Crippen LogP) is 2.79. The van der Waals surface area contributed by atoms with Crippen molar-refractivity contribution in [2.75, 3.05) is 6.61 Å². The molecule has 0 aliphatic carbocycles. The van der Waals surface area contributed by atoms with Crippen LogP contribution in [-0.2, 0) is 4.84 Å². The van der Waals surface area contributed by atoms with Gasteiger partial charge in [0.15, 0.2) is 0 Å². The molecule has 3 heteroatoms. The molecule has 0 fully saturated rings. The van der Waals surface area contributed by atoms with Crippen LogP contribution in [0.4, 0.5) is 0 Å². The van der Waals surface area contributed by atoms with Gasteiger partial charge in [0, 0.05) is 17.5 Å². The molecule has 20 heavy (non-hydrogen) atoms. The first-order valence-electron chi connectivity index (χ1n) is 6.37. The third kappa shape index (κ3) is 4.60. The average molecular weight is 265 g/mol. The van der Waals surface area contributed by atoms with Crippen molar-refractivity contribution in [2.45, 2.75) is 6.42 Å². The second-order valence-electron chi connectivity index (χ2n) is 4.06. The second kappa shape index (κ2) is 7.78. The van der Waals surface area contributed by atoms with Gasteiger partial charge in [0.1, 0.15) is 0 Å². The number of benzene rings is 2. The van der Waals surface area contributed by atoms with Gasteiger partial charge in [0.05, 0.1) is 6.61 Å². The van der Waals surface area contributed by atoms with Gasteiger partial charge in [-0.1, -0.05) is 48.2 Å². The highest BCUT2D eigenvalue weighted by Gasteiger charge is 2.02. The van der Waals surface area contributed by atoms with Crippen molar-refractivity contribution in [1.29, 1.82) is 0 Å². The van der Waals surface area contributed by atoms with E-state index >= 15 is 0 Å². The summed E-state index contributed by atoms with van der Waals surface area (Å²) in [6.45, 7) is 0.360. The van der Waals surface area contributed by atoms with Gasteiger partial charge in [-0.25, -0.2) is 5.48 Å². The zero-order valence-corrected chi connectivity index (χ0v) is 11.0. The molecule has 0 aliphatic rings. The van der Waals surface area contributed by atoms with Crippen molar-refractivity contribution < 1.29 is 9.63 Å². The summed E-state index contributed by atoms with van der Waals surface area (Å²) in [7, 11) is 0. The zero-order chi connectivity index (χ0) is 14.0. The van der Waals surface area contributed by atoms with E-state index in [1.807, 2.05) is 36.4 Å². The molecule has 3 nitrogen and oxygen atoms in total. The molecule has 0 saturated heterocycles. The van der Waals surface area contributed by atoms with Crippen LogP contribution in [0.3, 0.4) is 0 Å². The highest BCUT2D eigenvalue weighted by atomic mass is 16.6. The molecule has 1 N–H and O–H groups in total. The van der Waals surface area contributed by atoms with E-state index in [2.05, 4.69) is 17.3 Å². The Kier molecular flexibility index (Phi) is 5.39. The Morgan fingerprint density at radius 3 is 2.35 bits per heavy atom. The largest absolute Gasteiger partial charge is 0.274 e. The van der Waals surface area contributed by atoms with Crippen LogP contribution in [0, 0.1) is 11.8 Å². The molecule has 2 aromatic rings. The normalized spacial score (nSPS) is 9.40. The standard InChI is InChI=1S/C17H15NO2/c19-17(16-12-5-2-6-13-16)18-20-14-8-7-11-15-9-3-1-4-10-15/h1-6,9-10,12-13H,8,14H2,(H,18,19). The first kappa shape index (κ1) is 13.9. The van der Waals surface area contributed by atoms with Gasteiger partial charge < -0.3 is 0 Å². The number of carbonyl (C=O) groups excluding carboxylic acids is 1. The molecule has 0 spiro atoms. The molecular formula is C17H15NO2. The lowest BCUT2D eigenvalue weighted by Gasteiger charge is -2.03. The Labute approximate surface area is 118 Å². The summed E-state index contributed by atoms with van der Waals surface area (Å²) < 4.78 is 0. The molecule has 0 aromatic heterocycles. The molecule has 0 radical (unpaired) electrons. The van der Waals surface area contributed by atoms with E-state index in [4.69, 9.17) is 4.84 Å². The van der Waals surface area contributed by atoms with Gasteiger partial charge in [-0.05, 0) is 24.3 Å². The topological polar surface area (TPSA) is 38.3 Å². The van der Waals surface area contributed by atoms with Gasteiger partial charge in [-0.15, -0.1) is 0 Å². The summed E-state index contributed by atoms with van der Waals surface area (Å²) >= 11 is 0. The van der Waals surface area contributed by atoms with Gasteiger partial charge in [-0.3, -0.25) is 9.63 Å². The van der Waals surface area contributed by atoms with Crippen molar-refractivity contribution in [3.05, 3.63) is 71.8 Å². The minimum absolute atomic E-state index is 0.249. The number of hydrogen-bond donors (Lipinski definition) is 1. The van der Waals surface area contributed by atoms with Gasteiger partial charge in [0.25, 0.3) is 5.91 Å². The van der Waals surface area contributed by atoms with Gasteiger partial charge in [0.2, 0.25) is 0 Å². The number of hydrogen-bond acceptors (Lipinski definition) is 2. The minimum Gasteiger partial charge on any atom is -0.272 e. The van der Waals surface area contributed by atoms with E-state index in [9.17, 15) is 4.79 Å². The molecule has 0 atom stereocenters. The molecule has 0 heterocycles. The van der Waals surface area contributed by atoms with Crippen molar-refractivity contribution in [3.8, 4) is 11.8 Å². The Morgan fingerprint density at radius 1 is 1.00 bits per heavy atom. The fourth-order valence-corrected chi connectivity index (χ4v) is 1.55. The van der Waals surface area contributed by atoms with Crippen LogP contribution in [0.5, 0.6) is 0 Å². The first-order chi connectivity index (χ1) is 9.86. The van der Waals surface area contributed by atoms with Crippen molar-refractivity contribution in [3.63, 3.8) is 0 Å². The number of carbonyl (C=O) groups is 1. The highest BCUT2D eigenvalue weighted by molar-refractivity contribution is 5.93. The molecule has 0 bridgehead atoms. The molecule has 2 aromatic carbocycles. The van der Waals surface area contributed by atoms with Gasteiger partial charge in [-0.2, -0.15) is 0 Å². The number of amides is 1. The van der Waals surface area contributed by atoms with Crippen LogP contribution < -0.4 is 5.48 Å². The Hall–Kier alpha value is -2.57. The molecule has 0 saturated carbocycles. The lowest BCUT2D eigenvalue weighted by atomic mass is 10.2. The third-order valence-electron chi connectivity index (χ3n) is 2.54.